The third-order valence-electron chi connectivity index (χ3n) is 5.76. The van der Waals surface area contributed by atoms with Crippen LogP contribution in [0.3, 0.4) is 0 Å². The molecule has 0 atom stereocenters. The van der Waals surface area contributed by atoms with E-state index in [1.54, 1.807) is 0 Å². The molecule has 1 fully saturated rings. The molecule has 3 amide bonds. The molecule has 31 heavy (non-hydrogen) atoms. The Morgan fingerprint density at radius 1 is 0.871 bits per heavy atom. The molecule has 1 saturated carbocycles. The van der Waals surface area contributed by atoms with Crippen LogP contribution in [0.1, 0.15) is 42.4 Å². The number of methoxy groups -OCH3 is 1. The molecule has 164 valence electrons. The lowest BCUT2D eigenvalue weighted by Gasteiger charge is -2.15. The van der Waals surface area contributed by atoms with Gasteiger partial charge in [0.15, 0.2) is 0 Å². The minimum atomic E-state index is -0.687. The quantitative estimate of drug-likeness (QED) is 0.573. The molecule has 0 heterocycles. The van der Waals surface area contributed by atoms with Crippen LogP contribution in [0.15, 0.2) is 54.6 Å². The number of imide groups is 1. The maximum Gasteiger partial charge on any atom is 0.406 e. The lowest BCUT2D eigenvalue weighted by molar-refractivity contribution is -0.133. The van der Waals surface area contributed by atoms with Crippen molar-refractivity contribution in [1.82, 2.24) is 10.6 Å². The summed E-state index contributed by atoms with van der Waals surface area (Å²) in [5, 5.41) is 5.02. The van der Waals surface area contributed by atoms with E-state index in [0.717, 1.165) is 31.2 Å². The van der Waals surface area contributed by atoms with Gasteiger partial charge in [0.2, 0.25) is 11.8 Å². The molecule has 2 N–H and O–H groups in total. The number of unbranched alkanes of at least 4 members (excludes halogenated alkanes) is 1. The van der Waals surface area contributed by atoms with Gasteiger partial charge in [-0.2, -0.15) is 0 Å². The lowest BCUT2D eigenvalue weighted by atomic mass is 10.0. The second-order valence-corrected chi connectivity index (χ2v) is 8.19. The van der Waals surface area contributed by atoms with Crippen molar-refractivity contribution in [3.63, 3.8) is 0 Å². The SMILES string of the molecule is COC(=O)NCC1(C(=O)NC(=O)Cc2ccc(CCCCc3ccccc3)cc2)CC1. The Bertz CT molecular complexity index is 889. The molecule has 0 bridgehead atoms. The van der Waals surface area contributed by atoms with E-state index in [1.807, 2.05) is 18.2 Å². The zero-order valence-corrected chi connectivity index (χ0v) is 18.0. The first-order valence-corrected chi connectivity index (χ1v) is 10.8. The molecular formula is C25H30N2O4. The number of ether oxygens (including phenoxy) is 1. The van der Waals surface area contributed by atoms with E-state index in [2.05, 4.69) is 51.8 Å². The molecule has 3 rings (SSSR count). The predicted molar refractivity (Wildman–Crippen MR) is 118 cm³/mol. The maximum absolute atomic E-state index is 12.4. The first kappa shape index (κ1) is 22.5. The largest absolute Gasteiger partial charge is 0.453 e. The smallest absolute Gasteiger partial charge is 0.406 e. The molecular weight excluding hydrogens is 392 g/mol. The zero-order valence-electron chi connectivity index (χ0n) is 18.0. The van der Waals surface area contributed by atoms with Crippen LogP contribution in [-0.4, -0.2) is 31.6 Å². The van der Waals surface area contributed by atoms with Crippen molar-refractivity contribution < 1.29 is 19.1 Å². The first-order chi connectivity index (χ1) is 15.0. The van der Waals surface area contributed by atoms with Crippen LogP contribution in [0, 0.1) is 5.41 Å². The summed E-state index contributed by atoms with van der Waals surface area (Å²) in [7, 11) is 1.27. The van der Waals surface area contributed by atoms with Gasteiger partial charge in [0.1, 0.15) is 0 Å². The number of hydrogen-bond donors (Lipinski definition) is 2. The van der Waals surface area contributed by atoms with Crippen LogP contribution in [0.4, 0.5) is 4.79 Å². The summed E-state index contributed by atoms with van der Waals surface area (Å²) < 4.78 is 4.53. The highest BCUT2D eigenvalue weighted by Gasteiger charge is 2.50. The van der Waals surface area contributed by atoms with Crippen molar-refractivity contribution in [3.8, 4) is 0 Å². The van der Waals surface area contributed by atoms with E-state index in [0.29, 0.717) is 12.8 Å². The average Bonchev–Trinajstić information content (AvgIpc) is 3.58. The van der Waals surface area contributed by atoms with Crippen molar-refractivity contribution in [2.24, 2.45) is 5.41 Å². The van der Waals surface area contributed by atoms with Crippen LogP contribution in [-0.2, 0) is 33.6 Å². The number of aryl methyl sites for hydroxylation is 2. The van der Waals surface area contributed by atoms with Crippen LogP contribution >= 0.6 is 0 Å². The number of nitrogens with one attached hydrogen (secondary N) is 2. The summed E-state index contributed by atoms with van der Waals surface area (Å²) in [5.74, 6) is -0.658. The van der Waals surface area contributed by atoms with E-state index in [4.69, 9.17) is 0 Å². The highest BCUT2D eigenvalue weighted by Crippen LogP contribution is 2.45. The van der Waals surface area contributed by atoms with Gasteiger partial charge in [0, 0.05) is 6.54 Å². The highest BCUT2D eigenvalue weighted by atomic mass is 16.5. The molecule has 0 spiro atoms. The van der Waals surface area contributed by atoms with Crippen LogP contribution in [0.5, 0.6) is 0 Å². The predicted octanol–water partition coefficient (Wildman–Crippen LogP) is 3.57. The van der Waals surface area contributed by atoms with E-state index >= 15 is 0 Å². The molecule has 0 aliphatic heterocycles. The Morgan fingerprint density at radius 3 is 2.03 bits per heavy atom. The Labute approximate surface area is 183 Å². The second-order valence-electron chi connectivity index (χ2n) is 8.19. The van der Waals surface area contributed by atoms with Crippen LogP contribution < -0.4 is 10.6 Å². The molecule has 1 aliphatic carbocycles. The maximum atomic E-state index is 12.4. The third-order valence-corrected chi connectivity index (χ3v) is 5.76. The van der Waals surface area contributed by atoms with Gasteiger partial charge in [-0.1, -0.05) is 54.6 Å². The lowest BCUT2D eigenvalue weighted by Crippen LogP contribution is -2.43. The monoisotopic (exact) mass is 422 g/mol. The molecule has 0 saturated heterocycles. The average molecular weight is 423 g/mol. The van der Waals surface area contributed by atoms with Gasteiger partial charge in [0.25, 0.3) is 0 Å². The summed E-state index contributed by atoms with van der Waals surface area (Å²) in [4.78, 5) is 35.9. The van der Waals surface area contributed by atoms with Crippen molar-refractivity contribution in [1.29, 1.82) is 0 Å². The normalized spacial score (nSPS) is 13.8. The van der Waals surface area contributed by atoms with Crippen molar-refractivity contribution in [2.45, 2.75) is 44.9 Å². The number of carbonyl (C=O) groups is 3. The fraction of sp³-hybridized carbons (Fsp3) is 0.400. The summed E-state index contributed by atoms with van der Waals surface area (Å²) in [5.41, 5.74) is 2.80. The fourth-order valence-corrected chi connectivity index (χ4v) is 3.56. The minimum Gasteiger partial charge on any atom is -0.453 e. The number of benzene rings is 2. The number of hydrogen-bond acceptors (Lipinski definition) is 4. The highest BCUT2D eigenvalue weighted by molar-refractivity contribution is 6.00. The van der Waals surface area contributed by atoms with E-state index in [1.165, 1.54) is 18.2 Å². The molecule has 2 aromatic rings. The zero-order chi connectivity index (χ0) is 22.1. The number of carbonyl (C=O) groups excluding carboxylic acids is 3. The molecule has 1 aliphatic rings. The fourth-order valence-electron chi connectivity index (χ4n) is 3.56. The Hall–Kier alpha value is -3.15. The number of rotatable bonds is 10. The van der Waals surface area contributed by atoms with Crippen molar-refractivity contribution in [3.05, 3.63) is 71.3 Å². The van der Waals surface area contributed by atoms with E-state index in [9.17, 15) is 14.4 Å². The van der Waals surface area contributed by atoms with E-state index < -0.39 is 11.5 Å². The van der Waals surface area contributed by atoms with Crippen LogP contribution in [0.25, 0.3) is 0 Å². The summed E-state index contributed by atoms with van der Waals surface area (Å²) in [6, 6.07) is 18.5. The molecule has 0 unspecified atom stereocenters. The topological polar surface area (TPSA) is 84.5 Å². The van der Waals surface area contributed by atoms with Gasteiger partial charge in [-0.05, 0) is 55.2 Å². The first-order valence-electron chi connectivity index (χ1n) is 10.8. The molecule has 6 nitrogen and oxygen atoms in total. The van der Waals surface area contributed by atoms with Crippen molar-refractivity contribution in [2.75, 3.05) is 13.7 Å². The molecule has 0 radical (unpaired) electrons. The second kappa shape index (κ2) is 10.8. The van der Waals surface area contributed by atoms with Crippen molar-refractivity contribution >= 4 is 17.9 Å². The van der Waals surface area contributed by atoms with E-state index in [-0.39, 0.29) is 24.8 Å². The molecule has 2 aromatic carbocycles. The standard InChI is InChI=1S/C25H30N2O4/c1-31-24(30)26-18-25(15-16-25)23(29)27-22(28)17-21-13-11-20(12-14-21)10-6-5-9-19-7-3-2-4-8-19/h2-4,7-8,11-14H,5-6,9-10,15-18H2,1H3,(H,26,30)(H,27,28,29). The van der Waals surface area contributed by atoms with Gasteiger partial charge in [0.05, 0.1) is 18.9 Å². The summed E-state index contributed by atoms with van der Waals surface area (Å²) >= 11 is 0. The minimum absolute atomic E-state index is 0.153. The Kier molecular flexibility index (Phi) is 7.82. The number of alkyl carbamates (subject to hydrolysis) is 1. The Balaban J connectivity index is 1.38. The van der Waals surface area contributed by atoms with Gasteiger partial charge in [-0.3, -0.25) is 14.9 Å². The van der Waals surface area contributed by atoms with Gasteiger partial charge >= 0.3 is 6.09 Å². The van der Waals surface area contributed by atoms with Gasteiger partial charge in [-0.25, -0.2) is 4.79 Å². The summed E-state index contributed by atoms with van der Waals surface area (Å²) in [6.07, 6.45) is 5.22. The van der Waals surface area contributed by atoms with Gasteiger partial charge in [-0.15, -0.1) is 0 Å². The van der Waals surface area contributed by atoms with Crippen LogP contribution in [0.2, 0.25) is 0 Å². The number of amides is 3. The summed E-state index contributed by atoms with van der Waals surface area (Å²) in [6.45, 7) is 0.178. The van der Waals surface area contributed by atoms with Gasteiger partial charge < -0.3 is 10.1 Å². The Morgan fingerprint density at radius 2 is 1.45 bits per heavy atom. The molecule has 0 aromatic heterocycles. The molecule has 6 heteroatoms. The third kappa shape index (κ3) is 6.95.